The molecule has 2 N–H and O–H groups in total. The van der Waals surface area contributed by atoms with Gasteiger partial charge in [-0.1, -0.05) is 0 Å². The van der Waals surface area contributed by atoms with E-state index in [1.165, 1.54) is 12.8 Å². The normalized spacial score (nSPS) is 24.3. The topological polar surface area (TPSA) is 74.6 Å². The molecule has 1 aromatic heterocycles. The highest BCUT2D eigenvalue weighted by atomic mass is 32.2. The maximum Gasteiger partial charge on any atom is 0.279 e. The molecule has 2 aliphatic rings. The molecular weight excluding hydrogens is 290 g/mol. The highest BCUT2D eigenvalue weighted by molar-refractivity contribution is 7.87. The summed E-state index contributed by atoms with van der Waals surface area (Å²) < 4.78 is 34.0. The van der Waals surface area contributed by atoms with Gasteiger partial charge in [0.2, 0.25) is 0 Å². The van der Waals surface area contributed by atoms with E-state index in [1.54, 1.807) is 22.7 Å². The van der Waals surface area contributed by atoms with Crippen LogP contribution in [0.15, 0.2) is 22.8 Å². The van der Waals surface area contributed by atoms with E-state index in [0.29, 0.717) is 30.8 Å². The van der Waals surface area contributed by atoms with Crippen molar-refractivity contribution in [3.63, 3.8) is 0 Å². The van der Waals surface area contributed by atoms with Gasteiger partial charge >= 0.3 is 0 Å². The maximum atomic E-state index is 12.3. The smallest absolute Gasteiger partial charge is 0.279 e. The third kappa shape index (κ3) is 4.29. The monoisotopic (exact) mass is 313 g/mol. The molecule has 0 bridgehead atoms. The molecule has 0 amide bonds. The number of nitrogens with one attached hydrogen (secondary N) is 2. The summed E-state index contributed by atoms with van der Waals surface area (Å²) in [4.78, 5) is 0. The summed E-state index contributed by atoms with van der Waals surface area (Å²) in [6.45, 7) is 2.34. The molecule has 1 atom stereocenters. The fourth-order valence-electron chi connectivity index (χ4n) is 2.70. The molecule has 0 aromatic carbocycles. The standard InChI is InChI=1S/C14H23N3O3S/c18-21(19,16-10-14-4-2-8-20-14)17-7-1-3-12(11-17)9-15-13-5-6-13/h2,4,8,12-13,15-16H,1,3,5-7,9-11H2. The fraction of sp³-hybridized carbons (Fsp3) is 0.714. The van der Waals surface area contributed by atoms with Crippen LogP contribution in [0.25, 0.3) is 0 Å². The lowest BCUT2D eigenvalue weighted by molar-refractivity contribution is 0.257. The van der Waals surface area contributed by atoms with Crippen LogP contribution in [0.2, 0.25) is 0 Å². The molecule has 1 saturated heterocycles. The summed E-state index contributed by atoms with van der Waals surface area (Å²) in [6.07, 6.45) is 6.10. The van der Waals surface area contributed by atoms with Gasteiger partial charge in [0.15, 0.2) is 0 Å². The zero-order valence-electron chi connectivity index (χ0n) is 12.1. The summed E-state index contributed by atoms with van der Waals surface area (Å²) in [7, 11) is -3.42. The Balaban J connectivity index is 1.50. The molecule has 118 valence electrons. The number of piperidine rings is 1. The quantitative estimate of drug-likeness (QED) is 0.790. The van der Waals surface area contributed by atoms with Crippen LogP contribution in [-0.4, -0.2) is 38.4 Å². The van der Waals surface area contributed by atoms with Gasteiger partial charge in [-0.2, -0.15) is 17.4 Å². The predicted molar refractivity (Wildman–Crippen MR) is 79.8 cm³/mol. The first-order valence-electron chi connectivity index (χ1n) is 7.64. The summed E-state index contributed by atoms with van der Waals surface area (Å²) in [5.74, 6) is 1.04. The van der Waals surface area contributed by atoms with Gasteiger partial charge in [0, 0.05) is 19.1 Å². The average Bonchev–Trinajstić information content (AvgIpc) is 3.17. The largest absolute Gasteiger partial charge is 0.468 e. The number of hydrogen-bond acceptors (Lipinski definition) is 4. The molecule has 1 aliphatic heterocycles. The van der Waals surface area contributed by atoms with Gasteiger partial charge < -0.3 is 9.73 Å². The van der Waals surface area contributed by atoms with Crippen molar-refractivity contribution in [2.75, 3.05) is 19.6 Å². The molecule has 21 heavy (non-hydrogen) atoms. The first kappa shape index (κ1) is 15.0. The van der Waals surface area contributed by atoms with Crippen LogP contribution in [0, 0.1) is 5.92 Å². The van der Waals surface area contributed by atoms with Gasteiger partial charge in [-0.25, -0.2) is 0 Å². The number of hydrogen-bond donors (Lipinski definition) is 2. The molecular formula is C14H23N3O3S. The minimum Gasteiger partial charge on any atom is -0.468 e. The Morgan fingerprint density at radius 3 is 2.90 bits per heavy atom. The van der Waals surface area contributed by atoms with Gasteiger partial charge in [-0.05, 0) is 50.3 Å². The summed E-state index contributed by atoms with van der Waals surface area (Å²) in [5, 5.41) is 3.50. The lowest BCUT2D eigenvalue weighted by Crippen LogP contribution is -2.47. The second-order valence-corrected chi connectivity index (χ2v) is 7.71. The number of nitrogens with zero attached hydrogens (tertiary/aromatic N) is 1. The Kier molecular flexibility index (Phi) is 4.63. The molecule has 1 aromatic rings. The van der Waals surface area contributed by atoms with Crippen molar-refractivity contribution in [2.45, 2.75) is 38.3 Å². The maximum absolute atomic E-state index is 12.3. The van der Waals surface area contributed by atoms with E-state index in [4.69, 9.17) is 4.42 Å². The van der Waals surface area contributed by atoms with Crippen LogP contribution in [0.4, 0.5) is 0 Å². The molecule has 1 saturated carbocycles. The van der Waals surface area contributed by atoms with E-state index >= 15 is 0 Å². The Bertz CT molecular complexity index is 540. The zero-order valence-corrected chi connectivity index (χ0v) is 12.9. The van der Waals surface area contributed by atoms with Gasteiger partial charge in [0.05, 0.1) is 12.8 Å². The van der Waals surface area contributed by atoms with E-state index in [0.717, 1.165) is 19.4 Å². The molecule has 6 nitrogen and oxygen atoms in total. The lowest BCUT2D eigenvalue weighted by Gasteiger charge is -2.32. The van der Waals surface area contributed by atoms with E-state index < -0.39 is 10.2 Å². The first-order valence-corrected chi connectivity index (χ1v) is 9.08. The Morgan fingerprint density at radius 1 is 1.33 bits per heavy atom. The Morgan fingerprint density at radius 2 is 2.19 bits per heavy atom. The fourth-order valence-corrected chi connectivity index (χ4v) is 3.98. The van der Waals surface area contributed by atoms with Gasteiger partial charge in [0.1, 0.15) is 5.76 Å². The SMILES string of the molecule is O=S(=O)(NCc1ccco1)N1CCCC(CNC2CC2)C1. The molecule has 1 unspecified atom stereocenters. The van der Waals surface area contributed by atoms with Gasteiger partial charge in [-0.3, -0.25) is 0 Å². The molecule has 1 aliphatic carbocycles. The minimum atomic E-state index is -3.42. The zero-order chi connectivity index (χ0) is 14.7. The number of furan rings is 1. The van der Waals surface area contributed by atoms with Crippen molar-refractivity contribution >= 4 is 10.2 Å². The average molecular weight is 313 g/mol. The molecule has 3 rings (SSSR count). The first-order chi connectivity index (χ1) is 10.1. The van der Waals surface area contributed by atoms with E-state index in [2.05, 4.69) is 10.0 Å². The van der Waals surface area contributed by atoms with Crippen molar-refractivity contribution in [1.82, 2.24) is 14.3 Å². The molecule has 2 heterocycles. The minimum absolute atomic E-state index is 0.205. The van der Waals surface area contributed by atoms with Crippen molar-refractivity contribution in [3.8, 4) is 0 Å². The third-order valence-corrected chi connectivity index (χ3v) is 5.62. The third-order valence-electron chi connectivity index (χ3n) is 4.10. The number of rotatable bonds is 7. The van der Waals surface area contributed by atoms with Crippen LogP contribution >= 0.6 is 0 Å². The highest BCUT2D eigenvalue weighted by Gasteiger charge is 2.30. The van der Waals surface area contributed by atoms with Crippen molar-refractivity contribution in [3.05, 3.63) is 24.2 Å². The second-order valence-electron chi connectivity index (χ2n) is 5.95. The lowest BCUT2D eigenvalue weighted by atomic mass is 10.00. The summed E-state index contributed by atoms with van der Waals surface area (Å²) >= 11 is 0. The predicted octanol–water partition coefficient (Wildman–Crippen LogP) is 1.08. The molecule has 0 spiro atoms. The molecule has 2 fully saturated rings. The van der Waals surface area contributed by atoms with Crippen molar-refractivity contribution < 1.29 is 12.8 Å². The Hall–Kier alpha value is -0.890. The van der Waals surface area contributed by atoms with E-state index in [1.807, 2.05) is 0 Å². The molecule has 0 radical (unpaired) electrons. The highest BCUT2D eigenvalue weighted by Crippen LogP contribution is 2.22. The van der Waals surface area contributed by atoms with Crippen LogP contribution in [-0.2, 0) is 16.8 Å². The summed E-state index contributed by atoms with van der Waals surface area (Å²) in [5.41, 5.74) is 0. The van der Waals surface area contributed by atoms with Crippen LogP contribution in [0.5, 0.6) is 0 Å². The van der Waals surface area contributed by atoms with Crippen LogP contribution in [0.1, 0.15) is 31.4 Å². The van der Waals surface area contributed by atoms with Crippen LogP contribution < -0.4 is 10.0 Å². The van der Waals surface area contributed by atoms with Crippen molar-refractivity contribution in [2.24, 2.45) is 5.92 Å². The summed E-state index contributed by atoms with van der Waals surface area (Å²) in [6, 6.07) is 4.19. The van der Waals surface area contributed by atoms with E-state index in [9.17, 15) is 8.42 Å². The Labute approximate surface area is 126 Å². The van der Waals surface area contributed by atoms with Crippen LogP contribution in [0.3, 0.4) is 0 Å². The van der Waals surface area contributed by atoms with Gasteiger partial charge in [-0.15, -0.1) is 0 Å². The van der Waals surface area contributed by atoms with E-state index in [-0.39, 0.29) is 6.54 Å². The van der Waals surface area contributed by atoms with Crippen molar-refractivity contribution in [1.29, 1.82) is 0 Å². The second kappa shape index (κ2) is 6.48. The molecule has 7 heteroatoms. The van der Waals surface area contributed by atoms with Gasteiger partial charge in [0.25, 0.3) is 10.2 Å².